The minimum absolute atomic E-state index is 0.0511. The van der Waals surface area contributed by atoms with Gasteiger partial charge in [0.05, 0.1) is 16.8 Å². The van der Waals surface area contributed by atoms with Gasteiger partial charge in [0, 0.05) is 13.1 Å². The third-order valence-electron chi connectivity index (χ3n) is 4.00. The van der Waals surface area contributed by atoms with Crippen LogP contribution in [0.1, 0.15) is 13.3 Å². The van der Waals surface area contributed by atoms with Crippen molar-refractivity contribution in [1.82, 2.24) is 9.88 Å². The highest BCUT2D eigenvalue weighted by Gasteiger charge is 2.34. The highest BCUT2D eigenvalue weighted by atomic mass is 32.2. The molecule has 1 saturated heterocycles. The first-order chi connectivity index (χ1) is 10.9. The third-order valence-corrected chi connectivity index (χ3v) is 6.69. The van der Waals surface area contributed by atoms with E-state index in [9.17, 15) is 13.2 Å². The fourth-order valence-electron chi connectivity index (χ4n) is 2.65. The lowest BCUT2D eigenvalue weighted by Gasteiger charge is -2.25. The van der Waals surface area contributed by atoms with Crippen molar-refractivity contribution in [2.45, 2.75) is 29.9 Å². The number of rotatable bonds is 4. The van der Waals surface area contributed by atoms with Crippen LogP contribution in [-0.2, 0) is 14.6 Å². The summed E-state index contributed by atoms with van der Waals surface area (Å²) in [6, 6.07) is 7.19. The van der Waals surface area contributed by atoms with Crippen molar-refractivity contribution in [3.63, 3.8) is 0 Å². The molecule has 1 aromatic carbocycles. The summed E-state index contributed by atoms with van der Waals surface area (Å²) >= 11 is 1.25. The number of nitrogens with zero attached hydrogens (tertiary/aromatic N) is 2. The Morgan fingerprint density at radius 1 is 1.43 bits per heavy atom. The number of sulfone groups is 1. The number of benzene rings is 1. The predicted octanol–water partition coefficient (Wildman–Crippen LogP) is 1.95. The molecule has 1 fully saturated rings. The second kappa shape index (κ2) is 6.16. The number of amides is 1. The Kier molecular flexibility index (Phi) is 4.37. The van der Waals surface area contributed by atoms with Crippen molar-refractivity contribution in [2.24, 2.45) is 0 Å². The molecule has 8 heteroatoms. The molecule has 0 radical (unpaired) electrons. The number of hydrogen-bond donors (Lipinski definition) is 0. The van der Waals surface area contributed by atoms with Crippen molar-refractivity contribution in [3.05, 3.63) is 24.3 Å². The number of aromatic nitrogens is 1. The van der Waals surface area contributed by atoms with Crippen LogP contribution in [0, 0.1) is 0 Å². The summed E-state index contributed by atoms with van der Waals surface area (Å²) in [5, 5.41) is 0.0517. The van der Waals surface area contributed by atoms with Gasteiger partial charge < -0.3 is 9.32 Å². The Morgan fingerprint density at radius 3 is 2.83 bits per heavy atom. The van der Waals surface area contributed by atoms with E-state index in [1.54, 1.807) is 18.9 Å². The molecule has 23 heavy (non-hydrogen) atoms. The summed E-state index contributed by atoms with van der Waals surface area (Å²) in [7, 11) is -1.34. The van der Waals surface area contributed by atoms with Crippen LogP contribution in [0.4, 0.5) is 0 Å². The predicted molar refractivity (Wildman–Crippen MR) is 89.2 cm³/mol. The van der Waals surface area contributed by atoms with E-state index in [2.05, 4.69) is 4.98 Å². The maximum atomic E-state index is 12.5. The molecule has 3 rings (SSSR count). The van der Waals surface area contributed by atoms with Gasteiger partial charge in [0.25, 0.3) is 5.22 Å². The second-order valence-electron chi connectivity index (χ2n) is 5.71. The number of oxazole rings is 1. The Hall–Kier alpha value is -1.54. The summed E-state index contributed by atoms with van der Waals surface area (Å²) in [6.07, 6.45) is 0.505. The number of fused-ring (bicyclic) bond motifs is 1. The van der Waals surface area contributed by atoms with Gasteiger partial charge in [-0.1, -0.05) is 23.9 Å². The average Bonchev–Trinajstić information content (AvgIpc) is 3.07. The molecule has 1 aliphatic rings. The van der Waals surface area contributed by atoms with Crippen molar-refractivity contribution >= 4 is 38.6 Å². The summed E-state index contributed by atoms with van der Waals surface area (Å²) in [5.41, 5.74) is 1.44. The Bertz CT molecular complexity index is 798. The first-order valence-electron chi connectivity index (χ1n) is 7.35. The van der Waals surface area contributed by atoms with Crippen molar-refractivity contribution in [2.75, 3.05) is 18.6 Å². The van der Waals surface area contributed by atoms with Gasteiger partial charge in [0.2, 0.25) is 5.91 Å². The highest BCUT2D eigenvalue weighted by molar-refractivity contribution is 8.00. The van der Waals surface area contributed by atoms with Crippen LogP contribution in [0.5, 0.6) is 0 Å². The van der Waals surface area contributed by atoms with Crippen molar-refractivity contribution in [3.8, 4) is 0 Å². The number of carbonyl (C=O) groups is 1. The molecule has 0 aliphatic carbocycles. The largest absolute Gasteiger partial charge is 0.431 e. The normalized spacial score (nSPS) is 21.4. The van der Waals surface area contributed by atoms with Gasteiger partial charge in [-0.25, -0.2) is 13.4 Å². The van der Waals surface area contributed by atoms with Crippen LogP contribution in [0.2, 0.25) is 0 Å². The molecule has 1 amide bonds. The monoisotopic (exact) mass is 354 g/mol. The Morgan fingerprint density at radius 2 is 2.17 bits per heavy atom. The van der Waals surface area contributed by atoms with Gasteiger partial charge in [0.15, 0.2) is 15.4 Å². The standard InChI is InChI=1S/C15H18N2O4S2/c1-10(14(18)17(2)11-7-8-23(19,20)9-11)22-15-16-12-5-3-4-6-13(12)21-15/h3-6,10-11H,7-9H2,1-2H3/t10-,11-/m1/s1. The van der Waals surface area contributed by atoms with E-state index in [1.807, 2.05) is 24.3 Å². The molecule has 1 aliphatic heterocycles. The van der Waals surface area contributed by atoms with E-state index in [-0.39, 0.29) is 23.5 Å². The van der Waals surface area contributed by atoms with Gasteiger partial charge in [-0.3, -0.25) is 4.79 Å². The summed E-state index contributed by atoms with van der Waals surface area (Å²) < 4.78 is 28.7. The van der Waals surface area contributed by atoms with Crippen molar-refractivity contribution in [1.29, 1.82) is 0 Å². The molecule has 0 spiro atoms. The van der Waals surface area contributed by atoms with Crippen LogP contribution in [-0.4, -0.2) is 54.1 Å². The van der Waals surface area contributed by atoms with E-state index < -0.39 is 15.1 Å². The van der Waals surface area contributed by atoms with Gasteiger partial charge in [-0.15, -0.1) is 0 Å². The summed E-state index contributed by atoms with van der Waals surface area (Å²) in [4.78, 5) is 18.4. The van der Waals surface area contributed by atoms with Crippen LogP contribution in [0.3, 0.4) is 0 Å². The molecule has 0 N–H and O–H groups in total. The molecule has 0 saturated carbocycles. The molecule has 1 aromatic heterocycles. The first kappa shape index (κ1) is 16.3. The minimum Gasteiger partial charge on any atom is -0.431 e. The quantitative estimate of drug-likeness (QED) is 0.781. The lowest BCUT2D eigenvalue weighted by molar-refractivity contribution is -0.130. The molecular weight excluding hydrogens is 336 g/mol. The zero-order chi connectivity index (χ0) is 16.6. The Balaban J connectivity index is 1.67. The average molecular weight is 354 g/mol. The molecule has 124 valence electrons. The topological polar surface area (TPSA) is 80.5 Å². The summed E-state index contributed by atoms with van der Waals surface area (Å²) in [6.45, 7) is 1.78. The fraction of sp³-hybridized carbons (Fsp3) is 0.467. The first-order valence-corrected chi connectivity index (χ1v) is 10.1. The molecule has 2 atom stereocenters. The second-order valence-corrected chi connectivity index (χ2v) is 9.23. The molecular formula is C15H18N2O4S2. The van der Waals surface area contributed by atoms with Crippen LogP contribution in [0.25, 0.3) is 11.1 Å². The fourth-order valence-corrected chi connectivity index (χ4v) is 5.28. The molecule has 2 heterocycles. The SMILES string of the molecule is C[C@@H](Sc1nc2ccccc2o1)C(=O)N(C)[C@@H]1CCS(=O)(=O)C1. The zero-order valence-corrected chi connectivity index (χ0v) is 14.6. The van der Waals surface area contributed by atoms with E-state index in [1.165, 1.54) is 11.8 Å². The van der Waals surface area contributed by atoms with Crippen molar-refractivity contribution < 1.29 is 17.6 Å². The number of carbonyl (C=O) groups excluding carboxylic acids is 1. The van der Waals surface area contributed by atoms with Gasteiger partial charge in [0.1, 0.15) is 5.52 Å². The molecule has 6 nitrogen and oxygen atoms in total. The van der Waals surface area contributed by atoms with E-state index in [0.717, 1.165) is 5.52 Å². The van der Waals surface area contributed by atoms with Gasteiger partial charge in [-0.2, -0.15) is 0 Å². The van der Waals surface area contributed by atoms with E-state index >= 15 is 0 Å². The number of para-hydroxylation sites is 2. The smallest absolute Gasteiger partial charge is 0.257 e. The van der Waals surface area contributed by atoms with Crippen LogP contribution in [0.15, 0.2) is 33.9 Å². The third kappa shape index (κ3) is 3.53. The molecule has 0 bridgehead atoms. The number of thioether (sulfide) groups is 1. The minimum atomic E-state index is -3.01. The number of hydrogen-bond acceptors (Lipinski definition) is 6. The van der Waals surface area contributed by atoms with Gasteiger partial charge in [-0.05, 0) is 25.5 Å². The molecule has 0 unspecified atom stereocenters. The summed E-state index contributed by atoms with van der Waals surface area (Å²) in [5.74, 6) is 0.0941. The van der Waals surface area contributed by atoms with E-state index in [4.69, 9.17) is 4.42 Å². The van der Waals surface area contributed by atoms with E-state index in [0.29, 0.717) is 17.2 Å². The maximum Gasteiger partial charge on any atom is 0.257 e. The lowest BCUT2D eigenvalue weighted by atomic mass is 10.2. The zero-order valence-electron chi connectivity index (χ0n) is 12.9. The van der Waals surface area contributed by atoms with Crippen LogP contribution < -0.4 is 0 Å². The van der Waals surface area contributed by atoms with Gasteiger partial charge >= 0.3 is 0 Å². The lowest BCUT2D eigenvalue weighted by Crippen LogP contribution is -2.41. The Labute approximate surface area is 139 Å². The van der Waals surface area contributed by atoms with Crippen LogP contribution >= 0.6 is 11.8 Å². The molecule has 2 aromatic rings. The maximum absolute atomic E-state index is 12.5. The highest BCUT2D eigenvalue weighted by Crippen LogP contribution is 2.28.